The van der Waals surface area contributed by atoms with Gasteiger partial charge in [0.25, 0.3) is 0 Å². The van der Waals surface area contributed by atoms with E-state index in [-0.39, 0.29) is 5.78 Å². The lowest BCUT2D eigenvalue weighted by Gasteiger charge is -2.30. The number of hydrogen-bond acceptors (Lipinski definition) is 4. The number of hydrogen-bond donors (Lipinski definition) is 0. The van der Waals surface area contributed by atoms with Crippen LogP contribution in [-0.4, -0.2) is 41.3 Å². The monoisotopic (exact) mass is 239 g/mol. The van der Waals surface area contributed by atoms with Crippen molar-refractivity contribution in [2.75, 3.05) is 25.4 Å². The molecule has 1 saturated heterocycles. The Morgan fingerprint density at radius 2 is 2.56 bits per heavy atom. The van der Waals surface area contributed by atoms with E-state index in [0.717, 1.165) is 18.8 Å². The van der Waals surface area contributed by atoms with E-state index in [0.29, 0.717) is 17.6 Å². The van der Waals surface area contributed by atoms with Crippen molar-refractivity contribution in [1.82, 2.24) is 4.90 Å². The normalized spacial score (nSPS) is 22.2. The molecule has 1 aromatic rings. The van der Waals surface area contributed by atoms with Crippen molar-refractivity contribution in [3.05, 3.63) is 24.2 Å². The van der Waals surface area contributed by atoms with Gasteiger partial charge in [0.2, 0.25) is 5.78 Å². The van der Waals surface area contributed by atoms with E-state index in [1.165, 1.54) is 6.42 Å². The Morgan fingerprint density at radius 3 is 3.25 bits per heavy atom. The molecule has 1 aromatic heterocycles. The molecule has 2 rings (SSSR count). The van der Waals surface area contributed by atoms with E-state index in [2.05, 4.69) is 11.8 Å². The van der Waals surface area contributed by atoms with Crippen LogP contribution in [0.1, 0.15) is 23.9 Å². The van der Waals surface area contributed by atoms with Crippen LogP contribution in [0.25, 0.3) is 0 Å². The summed E-state index contributed by atoms with van der Waals surface area (Å²) >= 11 is 2.02. The molecule has 4 heteroatoms. The van der Waals surface area contributed by atoms with E-state index < -0.39 is 0 Å². The van der Waals surface area contributed by atoms with Gasteiger partial charge in [-0.05, 0) is 18.6 Å². The molecule has 88 valence electrons. The van der Waals surface area contributed by atoms with Crippen LogP contribution in [-0.2, 0) is 0 Å². The topological polar surface area (TPSA) is 33.5 Å². The maximum absolute atomic E-state index is 11.8. The van der Waals surface area contributed by atoms with Gasteiger partial charge >= 0.3 is 0 Å². The molecule has 1 atom stereocenters. The SMILES string of the molecule is CCC1CN(CC(=O)c2ccco2)CCS1. The summed E-state index contributed by atoms with van der Waals surface area (Å²) in [5, 5.41) is 0.679. The lowest BCUT2D eigenvalue weighted by Crippen LogP contribution is -2.40. The van der Waals surface area contributed by atoms with Gasteiger partial charge in [-0.2, -0.15) is 11.8 Å². The first-order valence-corrected chi connectivity index (χ1v) is 6.75. The highest BCUT2D eigenvalue weighted by Crippen LogP contribution is 2.21. The fourth-order valence-electron chi connectivity index (χ4n) is 1.89. The summed E-state index contributed by atoms with van der Waals surface area (Å²) in [7, 11) is 0. The minimum atomic E-state index is 0.0896. The van der Waals surface area contributed by atoms with Gasteiger partial charge in [0.05, 0.1) is 12.8 Å². The Labute approximate surface area is 100 Å². The van der Waals surface area contributed by atoms with Crippen LogP contribution in [0.15, 0.2) is 22.8 Å². The van der Waals surface area contributed by atoms with Gasteiger partial charge in [-0.15, -0.1) is 0 Å². The van der Waals surface area contributed by atoms with Crippen molar-refractivity contribution >= 4 is 17.5 Å². The van der Waals surface area contributed by atoms with E-state index in [9.17, 15) is 4.79 Å². The van der Waals surface area contributed by atoms with Gasteiger partial charge in [-0.25, -0.2) is 0 Å². The summed E-state index contributed by atoms with van der Waals surface area (Å²) < 4.78 is 5.11. The minimum Gasteiger partial charge on any atom is -0.461 e. The highest BCUT2D eigenvalue weighted by Gasteiger charge is 2.21. The summed E-state index contributed by atoms with van der Waals surface area (Å²) in [6.45, 7) is 4.72. The lowest BCUT2D eigenvalue weighted by molar-refractivity contribution is 0.0905. The summed E-state index contributed by atoms with van der Waals surface area (Å²) in [6.07, 6.45) is 2.73. The smallest absolute Gasteiger partial charge is 0.211 e. The molecule has 0 saturated carbocycles. The fourth-order valence-corrected chi connectivity index (χ4v) is 3.14. The molecule has 0 radical (unpaired) electrons. The molecule has 16 heavy (non-hydrogen) atoms. The zero-order chi connectivity index (χ0) is 11.4. The molecular formula is C12H17NO2S. The first-order valence-electron chi connectivity index (χ1n) is 5.70. The predicted octanol–water partition coefficient (Wildman–Crippen LogP) is 2.29. The number of ketones is 1. The highest BCUT2D eigenvalue weighted by molar-refractivity contribution is 8.00. The maximum atomic E-state index is 11.8. The average Bonchev–Trinajstić information content (AvgIpc) is 2.83. The van der Waals surface area contributed by atoms with E-state index in [1.54, 1.807) is 18.4 Å². The minimum absolute atomic E-state index is 0.0896. The molecule has 0 spiro atoms. The van der Waals surface area contributed by atoms with Crippen molar-refractivity contribution < 1.29 is 9.21 Å². The second-order valence-electron chi connectivity index (χ2n) is 4.04. The van der Waals surface area contributed by atoms with Crippen molar-refractivity contribution in [3.8, 4) is 0 Å². The van der Waals surface area contributed by atoms with Gasteiger partial charge in [0.15, 0.2) is 5.76 Å². The number of furan rings is 1. The molecular weight excluding hydrogens is 222 g/mol. The molecule has 1 unspecified atom stereocenters. The summed E-state index contributed by atoms with van der Waals surface area (Å²) in [5.74, 6) is 1.70. The molecule has 3 nitrogen and oxygen atoms in total. The van der Waals surface area contributed by atoms with Crippen LogP contribution in [0.5, 0.6) is 0 Å². The maximum Gasteiger partial charge on any atom is 0.211 e. The third-order valence-electron chi connectivity index (χ3n) is 2.84. The van der Waals surface area contributed by atoms with Crippen LogP contribution in [0.3, 0.4) is 0 Å². The third kappa shape index (κ3) is 2.89. The van der Waals surface area contributed by atoms with E-state index in [4.69, 9.17) is 4.42 Å². The van der Waals surface area contributed by atoms with Gasteiger partial charge < -0.3 is 4.42 Å². The standard InChI is InChI=1S/C12H17NO2S/c1-2-10-8-13(5-7-16-10)9-11(14)12-4-3-6-15-12/h3-4,6,10H,2,5,7-9H2,1H3. The fraction of sp³-hybridized carbons (Fsp3) is 0.583. The Bertz CT molecular complexity index is 337. The van der Waals surface area contributed by atoms with Crippen molar-refractivity contribution in [2.24, 2.45) is 0 Å². The van der Waals surface area contributed by atoms with Crippen LogP contribution in [0, 0.1) is 0 Å². The number of rotatable bonds is 4. The third-order valence-corrected chi connectivity index (χ3v) is 4.21. The second-order valence-corrected chi connectivity index (χ2v) is 5.44. The Hall–Kier alpha value is -0.740. The molecule has 1 aliphatic rings. The molecule has 1 fully saturated rings. The Morgan fingerprint density at radius 1 is 1.69 bits per heavy atom. The molecule has 0 bridgehead atoms. The van der Waals surface area contributed by atoms with Crippen LogP contribution in [0.2, 0.25) is 0 Å². The van der Waals surface area contributed by atoms with Gasteiger partial charge in [0.1, 0.15) is 0 Å². The number of carbonyl (C=O) groups is 1. The van der Waals surface area contributed by atoms with Crippen molar-refractivity contribution in [2.45, 2.75) is 18.6 Å². The molecule has 2 heterocycles. The molecule has 0 N–H and O–H groups in total. The largest absolute Gasteiger partial charge is 0.461 e. The van der Waals surface area contributed by atoms with E-state index in [1.807, 2.05) is 11.8 Å². The Balaban J connectivity index is 1.87. The summed E-state index contributed by atoms with van der Waals surface area (Å²) in [6, 6.07) is 3.49. The number of Topliss-reactive ketones (excluding diaryl/α,β-unsaturated/α-hetero) is 1. The molecule has 0 amide bonds. The first-order chi connectivity index (χ1) is 7.79. The summed E-state index contributed by atoms with van der Waals surface area (Å²) in [5.41, 5.74) is 0. The van der Waals surface area contributed by atoms with Crippen molar-refractivity contribution in [3.63, 3.8) is 0 Å². The predicted molar refractivity (Wildman–Crippen MR) is 66.0 cm³/mol. The summed E-state index contributed by atoms with van der Waals surface area (Å²) in [4.78, 5) is 14.1. The Kier molecular flexibility index (Phi) is 4.07. The van der Waals surface area contributed by atoms with E-state index >= 15 is 0 Å². The first kappa shape index (κ1) is 11.7. The molecule has 1 aliphatic heterocycles. The molecule has 0 aromatic carbocycles. The van der Waals surface area contributed by atoms with Crippen LogP contribution in [0.4, 0.5) is 0 Å². The lowest BCUT2D eigenvalue weighted by atomic mass is 10.2. The van der Waals surface area contributed by atoms with Gasteiger partial charge in [0, 0.05) is 24.1 Å². The molecule has 0 aliphatic carbocycles. The highest BCUT2D eigenvalue weighted by atomic mass is 32.2. The van der Waals surface area contributed by atoms with Gasteiger partial charge in [-0.1, -0.05) is 6.92 Å². The quantitative estimate of drug-likeness (QED) is 0.755. The van der Waals surface area contributed by atoms with Crippen LogP contribution >= 0.6 is 11.8 Å². The average molecular weight is 239 g/mol. The second kappa shape index (κ2) is 5.55. The number of carbonyl (C=O) groups excluding carboxylic acids is 1. The van der Waals surface area contributed by atoms with Crippen LogP contribution < -0.4 is 0 Å². The van der Waals surface area contributed by atoms with Crippen molar-refractivity contribution in [1.29, 1.82) is 0 Å². The number of nitrogens with zero attached hydrogens (tertiary/aromatic N) is 1. The zero-order valence-corrected chi connectivity index (χ0v) is 10.3. The number of thioether (sulfide) groups is 1. The van der Waals surface area contributed by atoms with Gasteiger partial charge in [-0.3, -0.25) is 9.69 Å². The zero-order valence-electron chi connectivity index (χ0n) is 9.52.